The summed E-state index contributed by atoms with van der Waals surface area (Å²) in [6.45, 7) is 2.16. The minimum atomic E-state index is 0.406. The summed E-state index contributed by atoms with van der Waals surface area (Å²) in [5.41, 5.74) is 1.26. The molecule has 0 bridgehead atoms. The third-order valence-electron chi connectivity index (χ3n) is 3.33. The van der Waals surface area contributed by atoms with Gasteiger partial charge in [-0.1, -0.05) is 15.9 Å². The molecule has 1 unspecified atom stereocenters. The Balaban J connectivity index is 2.36. The number of nitrogens with zero attached hydrogens (tertiary/aromatic N) is 1. The highest BCUT2D eigenvalue weighted by molar-refractivity contribution is 9.10. The van der Waals surface area contributed by atoms with E-state index < -0.39 is 0 Å². The van der Waals surface area contributed by atoms with Crippen molar-refractivity contribution in [1.82, 2.24) is 10.2 Å². The summed E-state index contributed by atoms with van der Waals surface area (Å²) in [4.78, 5) is 2.27. The quantitative estimate of drug-likeness (QED) is 0.923. The van der Waals surface area contributed by atoms with Gasteiger partial charge in [0, 0.05) is 35.1 Å². The highest BCUT2D eigenvalue weighted by atomic mass is 79.9. The van der Waals surface area contributed by atoms with Crippen molar-refractivity contribution in [1.29, 1.82) is 0 Å². The smallest absolute Gasteiger partial charge is 0.123 e. The normalized spacial score (nSPS) is 17.9. The zero-order valence-corrected chi connectivity index (χ0v) is 12.1. The van der Waals surface area contributed by atoms with Crippen LogP contribution in [-0.2, 0) is 0 Å². The molecule has 0 radical (unpaired) electrons. The second-order valence-electron chi connectivity index (χ2n) is 4.71. The van der Waals surface area contributed by atoms with Crippen LogP contribution < -0.4 is 10.1 Å². The maximum absolute atomic E-state index is 5.48. The molecule has 1 heterocycles. The van der Waals surface area contributed by atoms with Crippen LogP contribution >= 0.6 is 15.9 Å². The summed E-state index contributed by atoms with van der Waals surface area (Å²) in [5, 5.41) is 3.34. The molecule has 2 rings (SSSR count). The van der Waals surface area contributed by atoms with Gasteiger partial charge in [-0.2, -0.15) is 0 Å². The fourth-order valence-electron chi connectivity index (χ4n) is 2.42. The van der Waals surface area contributed by atoms with Crippen LogP contribution in [0.15, 0.2) is 22.7 Å². The van der Waals surface area contributed by atoms with Crippen molar-refractivity contribution < 1.29 is 4.74 Å². The zero-order chi connectivity index (χ0) is 12.4. The first-order chi connectivity index (χ1) is 8.13. The molecule has 17 heavy (non-hydrogen) atoms. The number of hydrogen-bond acceptors (Lipinski definition) is 3. The maximum Gasteiger partial charge on any atom is 0.123 e. The van der Waals surface area contributed by atoms with Crippen LogP contribution in [0.2, 0.25) is 0 Å². The van der Waals surface area contributed by atoms with Crippen LogP contribution in [0.3, 0.4) is 0 Å². The Morgan fingerprint density at radius 3 is 2.59 bits per heavy atom. The van der Waals surface area contributed by atoms with Gasteiger partial charge in [0.1, 0.15) is 5.75 Å². The molecule has 0 amide bonds. The van der Waals surface area contributed by atoms with E-state index in [1.165, 1.54) is 5.56 Å². The number of nitrogens with one attached hydrogen (secondary N) is 1. The first-order valence-electron chi connectivity index (χ1n) is 5.84. The van der Waals surface area contributed by atoms with Gasteiger partial charge in [-0.05, 0) is 32.3 Å². The maximum atomic E-state index is 5.48. The van der Waals surface area contributed by atoms with E-state index in [1.807, 2.05) is 12.1 Å². The predicted molar refractivity (Wildman–Crippen MR) is 73.5 cm³/mol. The van der Waals surface area contributed by atoms with Crippen molar-refractivity contribution in [2.75, 3.05) is 34.3 Å². The molecule has 0 aliphatic carbocycles. The molecule has 3 nitrogen and oxygen atoms in total. The topological polar surface area (TPSA) is 24.5 Å². The summed E-state index contributed by atoms with van der Waals surface area (Å²) < 4.78 is 6.59. The minimum absolute atomic E-state index is 0.406. The van der Waals surface area contributed by atoms with E-state index in [1.54, 1.807) is 7.11 Å². The zero-order valence-electron chi connectivity index (χ0n) is 10.5. The SMILES string of the molecule is COc1ccc(Br)cc1C(C1CNC1)N(C)C. The molecule has 4 heteroatoms. The van der Waals surface area contributed by atoms with E-state index in [4.69, 9.17) is 4.74 Å². The molecule has 0 aromatic heterocycles. The third-order valence-corrected chi connectivity index (χ3v) is 3.82. The summed E-state index contributed by atoms with van der Waals surface area (Å²) in [7, 11) is 5.99. The highest BCUT2D eigenvalue weighted by Crippen LogP contribution is 2.36. The van der Waals surface area contributed by atoms with E-state index in [0.717, 1.165) is 23.3 Å². The van der Waals surface area contributed by atoms with Gasteiger partial charge < -0.3 is 15.0 Å². The molecule has 1 aromatic carbocycles. The minimum Gasteiger partial charge on any atom is -0.496 e. The Morgan fingerprint density at radius 1 is 1.41 bits per heavy atom. The monoisotopic (exact) mass is 298 g/mol. The number of methoxy groups -OCH3 is 1. The van der Waals surface area contributed by atoms with Crippen LogP contribution in [0.1, 0.15) is 11.6 Å². The van der Waals surface area contributed by atoms with Crippen molar-refractivity contribution in [2.24, 2.45) is 5.92 Å². The largest absolute Gasteiger partial charge is 0.496 e. The predicted octanol–water partition coefficient (Wildman–Crippen LogP) is 2.28. The van der Waals surface area contributed by atoms with Gasteiger partial charge in [-0.3, -0.25) is 0 Å². The number of ether oxygens (including phenoxy) is 1. The van der Waals surface area contributed by atoms with Crippen molar-refractivity contribution in [3.05, 3.63) is 28.2 Å². The third kappa shape index (κ3) is 2.64. The Labute approximate surface area is 111 Å². The fraction of sp³-hybridized carbons (Fsp3) is 0.538. The van der Waals surface area contributed by atoms with Crippen molar-refractivity contribution >= 4 is 15.9 Å². The van der Waals surface area contributed by atoms with E-state index in [-0.39, 0.29) is 0 Å². The van der Waals surface area contributed by atoms with Crippen LogP contribution in [0, 0.1) is 5.92 Å². The summed E-state index contributed by atoms with van der Waals surface area (Å²) in [5.74, 6) is 1.63. The number of rotatable bonds is 4. The Morgan fingerprint density at radius 2 is 2.12 bits per heavy atom. The van der Waals surface area contributed by atoms with E-state index >= 15 is 0 Å². The van der Waals surface area contributed by atoms with E-state index in [2.05, 4.69) is 46.3 Å². The summed E-state index contributed by atoms with van der Waals surface area (Å²) in [6, 6.07) is 6.63. The molecular formula is C13H19BrN2O. The average Bonchev–Trinajstić information content (AvgIpc) is 2.22. The molecule has 1 fully saturated rings. The molecule has 0 saturated carbocycles. The lowest BCUT2D eigenvalue weighted by molar-refractivity contribution is 0.157. The highest BCUT2D eigenvalue weighted by Gasteiger charge is 2.31. The van der Waals surface area contributed by atoms with Gasteiger partial charge >= 0.3 is 0 Å². The van der Waals surface area contributed by atoms with Gasteiger partial charge in [0.2, 0.25) is 0 Å². The Bertz CT molecular complexity index is 391. The Hall–Kier alpha value is -0.580. The lowest BCUT2D eigenvalue weighted by Gasteiger charge is -2.39. The number of hydrogen-bond donors (Lipinski definition) is 1. The first-order valence-corrected chi connectivity index (χ1v) is 6.63. The van der Waals surface area contributed by atoms with Gasteiger partial charge in [-0.25, -0.2) is 0 Å². The van der Waals surface area contributed by atoms with Crippen molar-refractivity contribution in [2.45, 2.75) is 6.04 Å². The van der Waals surface area contributed by atoms with Crippen LogP contribution in [0.4, 0.5) is 0 Å². The van der Waals surface area contributed by atoms with E-state index in [9.17, 15) is 0 Å². The number of halogens is 1. The van der Waals surface area contributed by atoms with Crippen molar-refractivity contribution in [3.63, 3.8) is 0 Å². The van der Waals surface area contributed by atoms with Gasteiger partial charge in [0.15, 0.2) is 0 Å². The fourth-order valence-corrected chi connectivity index (χ4v) is 2.80. The number of benzene rings is 1. The van der Waals surface area contributed by atoms with Crippen LogP contribution in [0.25, 0.3) is 0 Å². The molecule has 0 spiro atoms. The standard InChI is InChI=1S/C13H19BrN2O/c1-16(2)13(9-7-15-8-9)11-6-10(14)4-5-12(11)17-3/h4-6,9,13,15H,7-8H2,1-3H3. The first kappa shape index (κ1) is 12.9. The molecule has 1 aromatic rings. The molecule has 1 aliphatic heterocycles. The molecular weight excluding hydrogens is 280 g/mol. The van der Waals surface area contributed by atoms with Gasteiger partial charge in [-0.15, -0.1) is 0 Å². The van der Waals surface area contributed by atoms with Gasteiger partial charge in [0.25, 0.3) is 0 Å². The summed E-state index contributed by atoms with van der Waals surface area (Å²) in [6.07, 6.45) is 0. The van der Waals surface area contributed by atoms with Gasteiger partial charge in [0.05, 0.1) is 7.11 Å². The molecule has 1 N–H and O–H groups in total. The molecule has 1 atom stereocenters. The molecule has 1 saturated heterocycles. The van der Waals surface area contributed by atoms with Crippen molar-refractivity contribution in [3.8, 4) is 5.75 Å². The average molecular weight is 299 g/mol. The van der Waals surface area contributed by atoms with E-state index in [0.29, 0.717) is 12.0 Å². The summed E-state index contributed by atoms with van der Waals surface area (Å²) >= 11 is 3.54. The second kappa shape index (κ2) is 5.38. The van der Waals surface area contributed by atoms with Crippen LogP contribution in [-0.4, -0.2) is 39.2 Å². The Kier molecular flexibility index (Phi) is 4.07. The molecule has 1 aliphatic rings. The van der Waals surface area contributed by atoms with Crippen LogP contribution in [0.5, 0.6) is 5.75 Å². The second-order valence-corrected chi connectivity index (χ2v) is 5.63. The molecule has 94 valence electrons. The lowest BCUT2D eigenvalue weighted by atomic mass is 9.87. The lowest BCUT2D eigenvalue weighted by Crippen LogP contribution is -2.48.